The maximum atomic E-state index is 5.40. The lowest BCUT2D eigenvalue weighted by molar-refractivity contribution is 0.173. The number of aryl methyl sites for hydroxylation is 1. The van der Waals surface area contributed by atoms with Crippen molar-refractivity contribution < 1.29 is 9.47 Å². The van der Waals surface area contributed by atoms with Crippen LogP contribution in [0.2, 0.25) is 0 Å². The Bertz CT molecular complexity index is 614. The second-order valence-corrected chi connectivity index (χ2v) is 5.45. The first-order valence-electron chi connectivity index (χ1n) is 6.35. The van der Waals surface area contributed by atoms with Crippen molar-refractivity contribution in [1.82, 2.24) is 20.1 Å². The van der Waals surface area contributed by atoms with Gasteiger partial charge in [0.15, 0.2) is 11.5 Å². The summed E-state index contributed by atoms with van der Waals surface area (Å²) in [5, 5.41) is 11.3. The number of benzene rings is 1. The molecule has 1 N–H and O–H groups in total. The minimum Gasteiger partial charge on any atom is -0.454 e. The number of rotatable bonds is 5. The second kappa shape index (κ2) is 5.80. The van der Waals surface area contributed by atoms with Crippen LogP contribution in [0.4, 0.5) is 0 Å². The van der Waals surface area contributed by atoms with Crippen molar-refractivity contribution in [3.8, 4) is 11.5 Å². The molecule has 0 aliphatic carbocycles. The molecule has 0 saturated carbocycles. The zero-order valence-electron chi connectivity index (χ0n) is 11.1. The summed E-state index contributed by atoms with van der Waals surface area (Å²) < 4.78 is 13.6. The fourth-order valence-corrected chi connectivity index (χ4v) is 2.69. The molecule has 0 saturated heterocycles. The van der Waals surface area contributed by atoms with Crippen LogP contribution in [0.5, 0.6) is 11.5 Å². The fourth-order valence-electron chi connectivity index (χ4n) is 2.09. The summed E-state index contributed by atoms with van der Waals surface area (Å²) in [5.74, 6) is 2.56. The zero-order chi connectivity index (χ0) is 13.9. The third-order valence-corrected chi connectivity index (χ3v) is 3.74. The van der Waals surface area contributed by atoms with Crippen molar-refractivity contribution in [2.45, 2.75) is 13.0 Å². The fraction of sp³-hybridized carbons (Fsp3) is 0.385. The van der Waals surface area contributed by atoms with Gasteiger partial charge in [0.25, 0.3) is 0 Å². The molecule has 20 heavy (non-hydrogen) atoms. The molecule has 2 heterocycles. The summed E-state index contributed by atoms with van der Waals surface area (Å²) in [6, 6.07) is 4.05. The molecule has 2 aromatic rings. The van der Waals surface area contributed by atoms with Crippen LogP contribution in [0.25, 0.3) is 0 Å². The van der Waals surface area contributed by atoms with Gasteiger partial charge in [0.05, 0.1) is 4.47 Å². The van der Waals surface area contributed by atoms with Crippen LogP contribution >= 0.6 is 15.9 Å². The first-order chi connectivity index (χ1) is 9.74. The van der Waals surface area contributed by atoms with Gasteiger partial charge in [0.2, 0.25) is 6.79 Å². The van der Waals surface area contributed by atoms with E-state index in [-0.39, 0.29) is 6.79 Å². The summed E-state index contributed by atoms with van der Waals surface area (Å²) in [4.78, 5) is 0. The van der Waals surface area contributed by atoms with Gasteiger partial charge in [-0.1, -0.05) is 0 Å². The van der Waals surface area contributed by atoms with E-state index >= 15 is 0 Å². The smallest absolute Gasteiger partial charge is 0.231 e. The largest absolute Gasteiger partial charge is 0.454 e. The predicted molar refractivity (Wildman–Crippen MR) is 76.7 cm³/mol. The first-order valence-corrected chi connectivity index (χ1v) is 7.15. The maximum absolute atomic E-state index is 5.40. The molecular weight excluding hydrogens is 324 g/mol. The number of nitrogens with one attached hydrogen (secondary N) is 1. The Morgan fingerprint density at radius 3 is 3.10 bits per heavy atom. The summed E-state index contributed by atoms with van der Waals surface area (Å²) in [7, 11) is 1.95. The van der Waals surface area contributed by atoms with Gasteiger partial charge in [-0.2, -0.15) is 0 Å². The summed E-state index contributed by atoms with van der Waals surface area (Å²) in [6.45, 7) is 1.91. The quantitative estimate of drug-likeness (QED) is 0.840. The maximum Gasteiger partial charge on any atom is 0.231 e. The lowest BCUT2D eigenvalue weighted by atomic mass is 10.2. The molecule has 0 fully saturated rings. The molecule has 6 nitrogen and oxygen atoms in total. The van der Waals surface area contributed by atoms with Crippen molar-refractivity contribution in [3.63, 3.8) is 0 Å². The van der Waals surface area contributed by atoms with Gasteiger partial charge in [0, 0.05) is 26.6 Å². The van der Waals surface area contributed by atoms with Crippen LogP contribution in [0, 0.1) is 0 Å². The van der Waals surface area contributed by atoms with Crippen molar-refractivity contribution in [3.05, 3.63) is 34.3 Å². The Kier molecular flexibility index (Phi) is 3.88. The van der Waals surface area contributed by atoms with Crippen molar-refractivity contribution in [1.29, 1.82) is 0 Å². The van der Waals surface area contributed by atoms with Gasteiger partial charge < -0.3 is 19.4 Å². The average molecular weight is 339 g/mol. The van der Waals surface area contributed by atoms with Crippen LogP contribution in [-0.4, -0.2) is 28.1 Å². The van der Waals surface area contributed by atoms with E-state index in [2.05, 4.69) is 31.4 Å². The Balaban J connectivity index is 1.54. The van der Waals surface area contributed by atoms with E-state index in [1.807, 2.05) is 23.7 Å². The molecule has 7 heteroatoms. The van der Waals surface area contributed by atoms with Gasteiger partial charge in [-0.3, -0.25) is 0 Å². The molecule has 0 spiro atoms. The van der Waals surface area contributed by atoms with Crippen molar-refractivity contribution >= 4 is 15.9 Å². The highest BCUT2D eigenvalue weighted by atomic mass is 79.9. The topological polar surface area (TPSA) is 61.2 Å². The Morgan fingerprint density at radius 1 is 1.40 bits per heavy atom. The van der Waals surface area contributed by atoms with Crippen LogP contribution in [-0.2, 0) is 20.0 Å². The van der Waals surface area contributed by atoms with Gasteiger partial charge in [-0.25, -0.2) is 0 Å². The molecule has 0 radical (unpaired) electrons. The van der Waals surface area contributed by atoms with Crippen LogP contribution in [0.15, 0.2) is 22.9 Å². The molecule has 1 aromatic carbocycles. The number of fused-ring (bicyclic) bond motifs is 1. The Labute approximate surface area is 125 Å². The van der Waals surface area contributed by atoms with E-state index < -0.39 is 0 Å². The number of halogens is 1. The number of nitrogens with zero attached hydrogens (tertiary/aromatic N) is 3. The lowest BCUT2D eigenvalue weighted by Crippen LogP contribution is -2.18. The molecule has 1 aliphatic heterocycles. The molecule has 106 valence electrons. The van der Waals surface area contributed by atoms with Gasteiger partial charge in [-0.05, 0) is 33.6 Å². The van der Waals surface area contributed by atoms with Crippen molar-refractivity contribution in [2.75, 3.05) is 13.3 Å². The van der Waals surface area contributed by atoms with E-state index in [1.54, 1.807) is 6.33 Å². The minimum absolute atomic E-state index is 0.289. The normalized spacial score (nSPS) is 12.9. The van der Waals surface area contributed by atoms with E-state index in [1.165, 1.54) is 0 Å². The SMILES string of the molecule is Cn1cnnc1CCNCc1cc(Br)c2c(c1)OCO2. The molecule has 0 atom stereocenters. The van der Waals surface area contributed by atoms with E-state index in [4.69, 9.17) is 9.47 Å². The average Bonchev–Trinajstić information content (AvgIpc) is 3.04. The summed E-state index contributed by atoms with van der Waals surface area (Å²) in [5.41, 5.74) is 1.15. The highest BCUT2D eigenvalue weighted by Crippen LogP contribution is 2.39. The van der Waals surface area contributed by atoms with Crippen LogP contribution in [0.1, 0.15) is 11.4 Å². The number of aromatic nitrogens is 3. The molecule has 0 bridgehead atoms. The Morgan fingerprint density at radius 2 is 2.30 bits per heavy atom. The molecule has 0 amide bonds. The number of hydrogen-bond donors (Lipinski definition) is 1. The van der Waals surface area contributed by atoms with E-state index in [0.29, 0.717) is 0 Å². The van der Waals surface area contributed by atoms with E-state index in [9.17, 15) is 0 Å². The van der Waals surface area contributed by atoms with Gasteiger partial charge >= 0.3 is 0 Å². The highest BCUT2D eigenvalue weighted by Gasteiger charge is 2.17. The third-order valence-electron chi connectivity index (χ3n) is 3.15. The molecule has 3 rings (SSSR count). The van der Waals surface area contributed by atoms with Gasteiger partial charge in [0.1, 0.15) is 12.2 Å². The first kappa shape index (κ1) is 13.4. The zero-order valence-corrected chi connectivity index (χ0v) is 12.7. The monoisotopic (exact) mass is 338 g/mol. The molecule has 0 unspecified atom stereocenters. The molecule has 1 aliphatic rings. The molecule has 1 aromatic heterocycles. The Hall–Kier alpha value is -1.60. The number of ether oxygens (including phenoxy) is 2. The number of hydrogen-bond acceptors (Lipinski definition) is 5. The summed E-state index contributed by atoms with van der Waals surface area (Å²) >= 11 is 3.49. The van der Waals surface area contributed by atoms with Crippen molar-refractivity contribution in [2.24, 2.45) is 7.05 Å². The summed E-state index contributed by atoms with van der Waals surface area (Å²) in [6.07, 6.45) is 2.56. The van der Waals surface area contributed by atoms with Gasteiger partial charge in [-0.15, -0.1) is 10.2 Å². The second-order valence-electron chi connectivity index (χ2n) is 4.60. The molecular formula is C13H15BrN4O2. The highest BCUT2D eigenvalue weighted by molar-refractivity contribution is 9.10. The minimum atomic E-state index is 0.289. The predicted octanol–water partition coefficient (Wildman–Crippen LogP) is 1.64. The lowest BCUT2D eigenvalue weighted by Gasteiger charge is -2.07. The van der Waals surface area contributed by atoms with E-state index in [0.717, 1.165) is 46.9 Å². The van der Waals surface area contributed by atoms with Crippen LogP contribution in [0.3, 0.4) is 0 Å². The third kappa shape index (κ3) is 2.78. The standard InChI is InChI=1S/C13H15BrN4O2/c1-18-7-16-17-12(18)2-3-15-6-9-4-10(14)13-11(5-9)19-8-20-13/h4-5,7,15H,2-3,6,8H2,1H3. The van der Waals surface area contributed by atoms with Crippen LogP contribution < -0.4 is 14.8 Å².